The van der Waals surface area contributed by atoms with Crippen molar-refractivity contribution in [3.8, 4) is 0 Å². The minimum Gasteiger partial charge on any atom is -0.308 e. The number of rotatable bonds is 3. The van der Waals surface area contributed by atoms with Crippen LogP contribution in [0.2, 0.25) is 5.02 Å². The van der Waals surface area contributed by atoms with Crippen LogP contribution in [0.5, 0.6) is 0 Å². The Morgan fingerprint density at radius 2 is 2.00 bits per heavy atom. The second kappa shape index (κ2) is 5.51. The molecule has 0 radical (unpaired) electrons. The van der Waals surface area contributed by atoms with Crippen LogP contribution in [-0.2, 0) is 14.6 Å². The molecule has 1 atom stereocenters. The van der Waals surface area contributed by atoms with Gasteiger partial charge in [-0.3, -0.25) is 4.79 Å². The molecule has 2 rings (SSSR count). The second-order valence-corrected chi connectivity index (χ2v) is 7.32. The van der Waals surface area contributed by atoms with Crippen molar-refractivity contribution in [3.05, 3.63) is 29.3 Å². The Morgan fingerprint density at radius 3 is 2.47 bits per heavy atom. The summed E-state index contributed by atoms with van der Waals surface area (Å²) < 4.78 is 23.2. The molecule has 1 amide bonds. The number of sulfone groups is 1. The summed E-state index contributed by atoms with van der Waals surface area (Å²) in [5.74, 6) is 0.129. The van der Waals surface area contributed by atoms with E-state index in [1.165, 1.54) is 0 Å². The van der Waals surface area contributed by atoms with E-state index in [2.05, 4.69) is 0 Å². The van der Waals surface area contributed by atoms with Gasteiger partial charge in [0.05, 0.1) is 17.5 Å². The Balaban J connectivity index is 2.32. The highest BCUT2D eigenvalue weighted by Gasteiger charge is 2.34. The number of carbonyl (C=O) groups is 1. The molecule has 4 nitrogen and oxygen atoms in total. The molecule has 1 fully saturated rings. The Labute approximate surface area is 118 Å². The van der Waals surface area contributed by atoms with Crippen molar-refractivity contribution >= 4 is 33.0 Å². The molecule has 6 heteroatoms. The van der Waals surface area contributed by atoms with E-state index in [1.807, 2.05) is 0 Å². The van der Waals surface area contributed by atoms with Gasteiger partial charge in [0.2, 0.25) is 5.91 Å². The smallest absolute Gasteiger partial charge is 0.226 e. The molecule has 1 aliphatic rings. The van der Waals surface area contributed by atoms with E-state index in [4.69, 9.17) is 11.6 Å². The molecule has 0 aromatic heterocycles. The Morgan fingerprint density at radius 1 is 1.37 bits per heavy atom. The fourth-order valence-corrected chi connectivity index (χ4v) is 4.14. The first-order valence-electron chi connectivity index (χ1n) is 6.21. The van der Waals surface area contributed by atoms with Crippen LogP contribution < -0.4 is 4.90 Å². The highest BCUT2D eigenvalue weighted by atomic mass is 35.5. The highest BCUT2D eigenvalue weighted by molar-refractivity contribution is 7.91. The van der Waals surface area contributed by atoms with Crippen molar-refractivity contribution in [2.24, 2.45) is 0 Å². The maximum absolute atomic E-state index is 12.1. The minimum atomic E-state index is -3.02. The van der Waals surface area contributed by atoms with E-state index < -0.39 is 9.84 Å². The lowest BCUT2D eigenvalue weighted by Crippen LogP contribution is -2.41. The normalized spacial score (nSPS) is 21.3. The zero-order chi connectivity index (χ0) is 14.0. The monoisotopic (exact) mass is 301 g/mol. The fourth-order valence-electron chi connectivity index (χ4n) is 2.31. The molecule has 0 N–H and O–H groups in total. The summed E-state index contributed by atoms with van der Waals surface area (Å²) in [5.41, 5.74) is 0.707. The van der Waals surface area contributed by atoms with Gasteiger partial charge in [-0.2, -0.15) is 0 Å². The molecule has 1 saturated heterocycles. The molecule has 0 spiro atoms. The van der Waals surface area contributed by atoms with Crippen molar-refractivity contribution in [1.82, 2.24) is 0 Å². The molecule has 1 aromatic rings. The zero-order valence-electron chi connectivity index (χ0n) is 10.7. The third-order valence-electron chi connectivity index (χ3n) is 3.25. The fraction of sp³-hybridized carbons (Fsp3) is 0.462. The molecule has 104 valence electrons. The van der Waals surface area contributed by atoms with E-state index in [0.717, 1.165) is 0 Å². The molecule has 0 aliphatic carbocycles. The van der Waals surface area contributed by atoms with Gasteiger partial charge >= 0.3 is 0 Å². The van der Waals surface area contributed by atoms with E-state index in [1.54, 1.807) is 36.1 Å². The van der Waals surface area contributed by atoms with E-state index in [9.17, 15) is 13.2 Å². The lowest BCUT2D eigenvalue weighted by molar-refractivity contribution is -0.118. The Kier molecular flexibility index (Phi) is 4.16. The van der Waals surface area contributed by atoms with Gasteiger partial charge in [0.25, 0.3) is 0 Å². The summed E-state index contributed by atoms with van der Waals surface area (Å²) in [4.78, 5) is 13.7. The van der Waals surface area contributed by atoms with Crippen LogP contribution in [0, 0.1) is 0 Å². The number of hydrogen-bond donors (Lipinski definition) is 0. The van der Waals surface area contributed by atoms with Crippen molar-refractivity contribution < 1.29 is 13.2 Å². The van der Waals surface area contributed by atoms with Crippen molar-refractivity contribution in [1.29, 1.82) is 0 Å². The van der Waals surface area contributed by atoms with Gasteiger partial charge in [-0.05, 0) is 30.7 Å². The number of halogens is 1. The maximum atomic E-state index is 12.1. The van der Waals surface area contributed by atoms with Gasteiger partial charge in [-0.15, -0.1) is 0 Å². The van der Waals surface area contributed by atoms with Crippen molar-refractivity contribution in [3.63, 3.8) is 0 Å². The van der Waals surface area contributed by atoms with Gasteiger partial charge < -0.3 is 4.90 Å². The number of anilines is 1. The molecule has 1 aromatic carbocycles. The molecule has 19 heavy (non-hydrogen) atoms. The number of carbonyl (C=O) groups excluding carboxylic acids is 1. The summed E-state index contributed by atoms with van der Waals surface area (Å²) in [6.07, 6.45) is 0.843. The molecular weight excluding hydrogens is 286 g/mol. The molecule has 0 saturated carbocycles. The quantitative estimate of drug-likeness (QED) is 0.860. The van der Waals surface area contributed by atoms with Gasteiger partial charge in [0.1, 0.15) is 0 Å². The van der Waals surface area contributed by atoms with Crippen LogP contribution in [-0.4, -0.2) is 31.9 Å². The lowest BCUT2D eigenvalue weighted by atomic mass is 10.1. The molecular formula is C13H16ClNO3S. The second-order valence-electron chi connectivity index (χ2n) is 4.65. The Hall–Kier alpha value is -1.07. The number of nitrogens with zero attached hydrogens (tertiary/aromatic N) is 1. The SMILES string of the molecule is CCC(=O)N(c1ccc(Cl)cc1)C1CCS(=O)(=O)C1. The topological polar surface area (TPSA) is 54.5 Å². The highest BCUT2D eigenvalue weighted by Crippen LogP contribution is 2.26. The minimum absolute atomic E-state index is 0.0430. The first kappa shape index (κ1) is 14.3. The largest absolute Gasteiger partial charge is 0.308 e. The first-order valence-corrected chi connectivity index (χ1v) is 8.41. The van der Waals surface area contributed by atoms with Crippen molar-refractivity contribution in [2.45, 2.75) is 25.8 Å². The molecule has 1 unspecified atom stereocenters. The lowest BCUT2D eigenvalue weighted by Gasteiger charge is -2.28. The summed E-state index contributed by atoms with van der Waals surface area (Å²) in [5, 5.41) is 0.590. The van der Waals surface area contributed by atoms with Gasteiger partial charge in [-0.25, -0.2) is 8.42 Å². The molecule has 1 heterocycles. The van der Waals surface area contributed by atoms with E-state index in [-0.39, 0.29) is 23.5 Å². The average Bonchev–Trinajstić information content (AvgIpc) is 2.72. The van der Waals surface area contributed by atoms with Crippen LogP contribution in [0.25, 0.3) is 0 Å². The van der Waals surface area contributed by atoms with Crippen LogP contribution in [0.3, 0.4) is 0 Å². The summed E-state index contributed by atoms with van der Waals surface area (Å²) in [6, 6.07) is 6.65. The maximum Gasteiger partial charge on any atom is 0.226 e. The number of amides is 1. The average molecular weight is 302 g/mol. The molecule has 0 bridgehead atoms. The molecule has 1 aliphatic heterocycles. The van der Waals surface area contributed by atoms with Crippen LogP contribution in [0.4, 0.5) is 5.69 Å². The Bertz CT molecular complexity index is 568. The van der Waals surface area contributed by atoms with E-state index >= 15 is 0 Å². The standard InChI is InChI=1S/C13H16ClNO3S/c1-2-13(16)15(11-5-3-10(14)4-6-11)12-7-8-19(17,18)9-12/h3-6,12H,2,7-9H2,1H3. The summed E-state index contributed by atoms with van der Waals surface area (Å²) >= 11 is 5.84. The van der Waals surface area contributed by atoms with Gasteiger partial charge in [0, 0.05) is 17.1 Å². The van der Waals surface area contributed by atoms with Gasteiger partial charge in [-0.1, -0.05) is 18.5 Å². The zero-order valence-corrected chi connectivity index (χ0v) is 12.2. The van der Waals surface area contributed by atoms with Crippen LogP contribution in [0.15, 0.2) is 24.3 Å². The summed E-state index contributed by atoms with van der Waals surface area (Å²) in [7, 11) is -3.02. The number of benzene rings is 1. The predicted molar refractivity (Wildman–Crippen MR) is 76.3 cm³/mol. The number of hydrogen-bond acceptors (Lipinski definition) is 3. The third kappa shape index (κ3) is 3.28. The van der Waals surface area contributed by atoms with Crippen LogP contribution in [0.1, 0.15) is 19.8 Å². The summed E-state index contributed by atoms with van der Waals surface area (Å²) in [6.45, 7) is 1.77. The van der Waals surface area contributed by atoms with Crippen molar-refractivity contribution in [2.75, 3.05) is 16.4 Å². The predicted octanol–water partition coefficient (Wildman–Crippen LogP) is 2.27. The van der Waals surface area contributed by atoms with Crippen LogP contribution >= 0.6 is 11.6 Å². The first-order chi connectivity index (χ1) is 8.93. The third-order valence-corrected chi connectivity index (χ3v) is 5.25. The van der Waals surface area contributed by atoms with Gasteiger partial charge in [0.15, 0.2) is 9.84 Å². The van der Waals surface area contributed by atoms with E-state index in [0.29, 0.717) is 23.6 Å².